The van der Waals surface area contributed by atoms with E-state index < -0.39 is 0 Å². The Bertz CT molecular complexity index is 126. The fraction of sp³-hybridized carbons (Fsp3) is 0.875. The monoisotopic (exact) mass is 206 g/mol. The number of rotatable bonds is 3. The van der Waals surface area contributed by atoms with Gasteiger partial charge < -0.3 is 0 Å². The van der Waals surface area contributed by atoms with Gasteiger partial charge in [-0.25, -0.2) is 0 Å². The standard InChI is InChI=1S/C8H16NO.Zn/c1-6(2)9(7(3)4)8(5)10;/h6-7H,5H2,1-4H3;. The topological polar surface area (TPSA) is 20.3 Å². The quantitative estimate of drug-likeness (QED) is 0.644. The van der Waals surface area contributed by atoms with Crippen LogP contribution in [0.3, 0.4) is 0 Å². The molecule has 0 aromatic rings. The second kappa shape index (κ2) is 4.87. The van der Waals surface area contributed by atoms with Crippen molar-refractivity contribution in [3.63, 3.8) is 0 Å². The Kier molecular flexibility index (Phi) is 4.91. The third kappa shape index (κ3) is 3.33. The first-order valence-corrected chi connectivity index (χ1v) is 6.21. The van der Waals surface area contributed by atoms with Crippen molar-refractivity contribution in [2.75, 3.05) is 0 Å². The molecule has 11 heavy (non-hydrogen) atoms. The van der Waals surface area contributed by atoms with E-state index in [9.17, 15) is 4.79 Å². The molecule has 0 N–H and O–H groups in total. The molecule has 0 aromatic carbocycles. The summed E-state index contributed by atoms with van der Waals surface area (Å²) in [5, 5.41) is 0.732. The van der Waals surface area contributed by atoms with Gasteiger partial charge in [0.15, 0.2) is 0 Å². The first-order valence-electron chi connectivity index (χ1n) is 4.11. The van der Waals surface area contributed by atoms with Gasteiger partial charge in [-0.3, -0.25) is 0 Å². The Morgan fingerprint density at radius 1 is 1.27 bits per heavy atom. The molecule has 0 aliphatic heterocycles. The van der Waals surface area contributed by atoms with Crippen LogP contribution in [-0.2, 0) is 23.1 Å². The molecule has 0 heterocycles. The zero-order valence-electron chi connectivity index (χ0n) is 7.92. The Balaban J connectivity index is 4.22. The molecule has 0 saturated heterocycles. The van der Waals surface area contributed by atoms with Crippen molar-refractivity contribution in [2.24, 2.45) is 0 Å². The van der Waals surface area contributed by atoms with Crippen LogP contribution in [0.5, 0.6) is 0 Å². The van der Waals surface area contributed by atoms with Gasteiger partial charge in [0.05, 0.1) is 0 Å². The van der Waals surface area contributed by atoms with Crippen LogP contribution in [0.15, 0.2) is 0 Å². The van der Waals surface area contributed by atoms with Crippen LogP contribution in [0.4, 0.5) is 0 Å². The van der Waals surface area contributed by atoms with Crippen molar-refractivity contribution >= 4 is 5.91 Å². The zero-order chi connectivity index (χ0) is 9.02. The summed E-state index contributed by atoms with van der Waals surface area (Å²) in [6, 6.07) is 0.683. The molecule has 0 spiro atoms. The van der Waals surface area contributed by atoms with Crippen LogP contribution in [0, 0.1) is 0 Å². The molecular weight excluding hydrogens is 191 g/mol. The summed E-state index contributed by atoms with van der Waals surface area (Å²) < 4.78 is 0. The van der Waals surface area contributed by atoms with Gasteiger partial charge in [0.25, 0.3) is 0 Å². The van der Waals surface area contributed by atoms with Gasteiger partial charge in [-0.2, -0.15) is 0 Å². The van der Waals surface area contributed by atoms with E-state index in [-0.39, 0.29) is 0 Å². The minimum absolute atomic E-state index is 0.301. The van der Waals surface area contributed by atoms with E-state index in [4.69, 9.17) is 0 Å². The predicted octanol–water partition coefficient (Wildman–Crippen LogP) is 1.60. The molecule has 0 aromatic heterocycles. The molecule has 2 nitrogen and oxygen atoms in total. The van der Waals surface area contributed by atoms with Gasteiger partial charge in [0.2, 0.25) is 0 Å². The molecule has 61 valence electrons. The summed E-state index contributed by atoms with van der Waals surface area (Å²) >= 11 is 1.06. The van der Waals surface area contributed by atoms with Gasteiger partial charge in [-0.15, -0.1) is 0 Å². The number of amides is 1. The van der Waals surface area contributed by atoms with Crippen molar-refractivity contribution in [1.29, 1.82) is 0 Å². The van der Waals surface area contributed by atoms with Crippen LogP contribution in [0.25, 0.3) is 0 Å². The second-order valence-electron chi connectivity index (χ2n) is 3.24. The maximum absolute atomic E-state index is 11.4. The normalized spacial score (nSPS) is 10.9. The molecule has 0 aliphatic rings. The molecule has 0 radical (unpaired) electrons. The van der Waals surface area contributed by atoms with E-state index in [1.165, 1.54) is 0 Å². The summed E-state index contributed by atoms with van der Waals surface area (Å²) in [4.78, 5) is 13.3. The summed E-state index contributed by atoms with van der Waals surface area (Å²) in [6.07, 6.45) is 0. The van der Waals surface area contributed by atoms with E-state index in [1.54, 1.807) is 0 Å². The average molecular weight is 208 g/mol. The van der Waals surface area contributed by atoms with Crippen molar-refractivity contribution < 1.29 is 23.1 Å². The average Bonchev–Trinajstić information content (AvgIpc) is 1.85. The summed E-state index contributed by atoms with van der Waals surface area (Å²) in [6.45, 7) is 8.25. The second-order valence-corrected chi connectivity index (χ2v) is 4.29. The molecule has 0 fully saturated rings. The fourth-order valence-electron chi connectivity index (χ4n) is 1.30. The molecule has 0 rings (SSSR count). The van der Waals surface area contributed by atoms with Crippen molar-refractivity contribution in [2.45, 2.75) is 44.8 Å². The molecule has 0 bridgehead atoms. The third-order valence-corrected chi connectivity index (χ3v) is 2.51. The number of carbonyl (C=O) groups is 1. The van der Waals surface area contributed by atoms with E-state index in [0.717, 1.165) is 23.3 Å². The summed E-state index contributed by atoms with van der Waals surface area (Å²) in [5.41, 5.74) is 0. The van der Waals surface area contributed by atoms with Gasteiger partial charge in [-0.1, -0.05) is 0 Å². The molecule has 1 amide bonds. The van der Waals surface area contributed by atoms with Crippen LogP contribution >= 0.6 is 0 Å². The van der Waals surface area contributed by atoms with Crippen LogP contribution in [0.1, 0.15) is 27.7 Å². The number of hydrogen-bond donors (Lipinski definition) is 0. The van der Waals surface area contributed by atoms with Gasteiger partial charge in [0, 0.05) is 0 Å². The van der Waals surface area contributed by atoms with E-state index >= 15 is 0 Å². The SMILES string of the molecule is CC(C)N(C(=O)[CH2][Zn])C(C)C. The predicted molar refractivity (Wildman–Crippen MR) is 41.9 cm³/mol. The summed E-state index contributed by atoms with van der Waals surface area (Å²) in [7, 11) is 0. The molecule has 0 unspecified atom stereocenters. The number of hydrogen-bond acceptors (Lipinski definition) is 1. The minimum atomic E-state index is 0.301. The maximum atomic E-state index is 11.4. The van der Waals surface area contributed by atoms with Gasteiger partial charge in [-0.05, 0) is 0 Å². The first-order chi connectivity index (χ1) is 5.00. The molecule has 0 aliphatic carbocycles. The Hall–Kier alpha value is 0.0934. The van der Waals surface area contributed by atoms with Crippen LogP contribution < -0.4 is 0 Å². The van der Waals surface area contributed by atoms with Crippen LogP contribution in [0.2, 0.25) is 5.02 Å². The van der Waals surface area contributed by atoms with Gasteiger partial charge in [0.1, 0.15) is 0 Å². The van der Waals surface area contributed by atoms with Gasteiger partial charge >= 0.3 is 78.7 Å². The van der Waals surface area contributed by atoms with Crippen molar-refractivity contribution in [3.05, 3.63) is 0 Å². The summed E-state index contributed by atoms with van der Waals surface area (Å²) in [5.74, 6) is 0.301. The van der Waals surface area contributed by atoms with E-state index in [0.29, 0.717) is 18.0 Å². The Morgan fingerprint density at radius 3 is 1.73 bits per heavy atom. The number of nitrogens with zero attached hydrogens (tertiary/aromatic N) is 1. The van der Waals surface area contributed by atoms with Crippen LogP contribution in [-0.4, -0.2) is 22.9 Å². The Morgan fingerprint density at radius 2 is 1.64 bits per heavy atom. The van der Waals surface area contributed by atoms with E-state index in [1.807, 2.05) is 4.90 Å². The number of carbonyl (C=O) groups excluding carboxylic acids is 1. The van der Waals surface area contributed by atoms with E-state index in [2.05, 4.69) is 27.7 Å². The Labute approximate surface area is 79.0 Å². The van der Waals surface area contributed by atoms with Crippen molar-refractivity contribution in [1.82, 2.24) is 4.90 Å². The molecule has 0 atom stereocenters. The fourth-order valence-corrected chi connectivity index (χ4v) is 1.84. The first kappa shape index (κ1) is 11.1. The third-order valence-electron chi connectivity index (χ3n) is 1.61. The molecule has 3 heteroatoms. The zero-order valence-corrected chi connectivity index (χ0v) is 10.9. The van der Waals surface area contributed by atoms with Crippen molar-refractivity contribution in [3.8, 4) is 0 Å². The molecule has 0 saturated carbocycles. The molecular formula is C8H16NOZn.